The van der Waals surface area contributed by atoms with E-state index >= 15 is 0 Å². The van der Waals surface area contributed by atoms with Crippen LogP contribution >= 0.6 is 35.0 Å². The van der Waals surface area contributed by atoms with Crippen molar-refractivity contribution in [3.8, 4) is 5.69 Å². The molecule has 0 radical (unpaired) electrons. The van der Waals surface area contributed by atoms with E-state index in [1.54, 1.807) is 31.5 Å². The molecule has 0 bridgehead atoms. The number of carbonyl (C=O) groups excluding carboxylic acids is 1. The molecule has 0 saturated carbocycles. The fourth-order valence-corrected chi connectivity index (χ4v) is 3.31. The number of halogens is 2. The lowest BCUT2D eigenvalue weighted by atomic mass is 10.3. The van der Waals surface area contributed by atoms with E-state index in [0.29, 0.717) is 20.9 Å². The molecule has 1 N–H and O–H groups in total. The Kier molecular flexibility index (Phi) is 5.63. The molecule has 0 spiro atoms. The number of thioether (sulfide) groups is 1. The number of carbonyl (C=O) groups is 1. The highest BCUT2D eigenvalue weighted by atomic mass is 35.5. The summed E-state index contributed by atoms with van der Waals surface area (Å²) in [6, 6.07) is 14.8. The molecule has 1 heterocycles. The van der Waals surface area contributed by atoms with Gasteiger partial charge in [-0.15, -0.1) is 10.2 Å². The highest BCUT2D eigenvalue weighted by Crippen LogP contribution is 2.31. The van der Waals surface area contributed by atoms with Gasteiger partial charge in [0.05, 0.1) is 21.0 Å². The molecule has 0 saturated heterocycles. The van der Waals surface area contributed by atoms with Crippen LogP contribution in [0.1, 0.15) is 6.92 Å². The normalized spacial score (nSPS) is 12.0. The van der Waals surface area contributed by atoms with E-state index in [0.717, 1.165) is 5.69 Å². The summed E-state index contributed by atoms with van der Waals surface area (Å²) >= 11 is 13.4. The Morgan fingerprint density at radius 1 is 1.16 bits per heavy atom. The fraction of sp³-hybridized carbons (Fsp3) is 0.118. The van der Waals surface area contributed by atoms with Crippen molar-refractivity contribution < 1.29 is 4.79 Å². The van der Waals surface area contributed by atoms with Gasteiger partial charge in [-0.2, -0.15) is 0 Å². The molecule has 0 fully saturated rings. The molecule has 128 valence electrons. The molecular weight excluding hydrogens is 379 g/mol. The van der Waals surface area contributed by atoms with Crippen molar-refractivity contribution in [1.82, 2.24) is 14.8 Å². The first-order valence-corrected chi connectivity index (χ1v) is 9.07. The van der Waals surface area contributed by atoms with E-state index in [1.807, 2.05) is 34.9 Å². The Bertz CT molecular complexity index is 885. The molecule has 1 aromatic heterocycles. The van der Waals surface area contributed by atoms with Gasteiger partial charge in [0.2, 0.25) is 5.91 Å². The first-order valence-electron chi connectivity index (χ1n) is 7.43. The summed E-state index contributed by atoms with van der Waals surface area (Å²) in [7, 11) is 0. The average molecular weight is 393 g/mol. The number of rotatable bonds is 5. The molecule has 3 rings (SSSR count). The minimum Gasteiger partial charge on any atom is -0.324 e. The molecule has 5 nitrogen and oxygen atoms in total. The first-order chi connectivity index (χ1) is 12.1. The van der Waals surface area contributed by atoms with E-state index in [-0.39, 0.29) is 5.91 Å². The molecule has 0 aliphatic heterocycles. The lowest BCUT2D eigenvalue weighted by Gasteiger charge is -2.13. The molecule has 25 heavy (non-hydrogen) atoms. The van der Waals surface area contributed by atoms with Gasteiger partial charge in [-0.1, -0.05) is 59.2 Å². The van der Waals surface area contributed by atoms with Crippen LogP contribution < -0.4 is 5.32 Å². The minimum absolute atomic E-state index is 0.197. The van der Waals surface area contributed by atoms with E-state index in [1.165, 1.54) is 11.8 Å². The summed E-state index contributed by atoms with van der Waals surface area (Å²) in [5, 5.41) is 11.8. The van der Waals surface area contributed by atoms with Gasteiger partial charge < -0.3 is 5.32 Å². The van der Waals surface area contributed by atoms with Crippen molar-refractivity contribution in [2.24, 2.45) is 0 Å². The van der Waals surface area contributed by atoms with Crippen LogP contribution in [0.5, 0.6) is 0 Å². The maximum Gasteiger partial charge on any atom is 0.237 e. The SMILES string of the molecule is CC(Sc1nncn1-c1ccccc1)C(=O)Nc1cccc(Cl)c1Cl. The molecule has 1 unspecified atom stereocenters. The maximum absolute atomic E-state index is 12.5. The van der Waals surface area contributed by atoms with Crippen molar-refractivity contribution in [2.75, 3.05) is 5.32 Å². The number of para-hydroxylation sites is 1. The second kappa shape index (κ2) is 7.91. The highest BCUT2D eigenvalue weighted by Gasteiger charge is 2.19. The Balaban J connectivity index is 1.73. The zero-order valence-electron chi connectivity index (χ0n) is 13.2. The summed E-state index contributed by atoms with van der Waals surface area (Å²) in [5.74, 6) is -0.197. The Morgan fingerprint density at radius 3 is 2.68 bits per heavy atom. The van der Waals surface area contributed by atoms with Crippen LogP contribution in [-0.4, -0.2) is 25.9 Å². The van der Waals surface area contributed by atoms with Gasteiger partial charge in [0, 0.05) is 5.69 Å². The molecule has 2 aromatic carbocycles. The third-order valence-corrected chi connectivity index (χ3v) is 5.29. The number of benzene rings is 2. The van der Waals surface area contributed by atoms with Crippen molar-refractivity contribution >= 4 is 46.6 Å². The largest absolute Gasteiger partial charge is 0.324 e. The van der Waals surface area contributed by atoms with E-state index < -0.39 is 5.25 Å². The molecule has 8 heteroatoms. The third kappa shape index (κ3) is 4.15. The number of nitrogens with zero attached hydrogens (tertiary/aromatic N) is 3. The number of nitrogens with one attached hydrogen (secondary N) is 1. The predicted molar refractivity (Wildman–Crippen MR) is 102 cm³/mol. The van der Waals surface area contributed by atoms with Crippen molar-refractivity contribution in [1.29, 1.82) is 0 Å². The monoisotopic (exact) mass is 392 g/mol. The standard InChI is InChI=1S/C17H14Cl2N4OS/c1-11(16(24)21-14-9-5-8-13(18)15(14)19)25-17-22-20-10-23(17)12-6-3-2-4-7-12/h2-11H,1H3,(H,21,24). The van der Waals surface area contributed by atoms with E-state index in [9.17, 15) is 4.79 Å². The van der Waals surface area contributed by atoms with Gasteiger partial charge >= 0.3 is 0 Å². The summed E-state index contributed by atoms with van der Waals surface area (Å²) in [5.41, 5.74) is 1.41. The number of amides is 1. The number of hydrogen-bond acceptors (Lipinski definition) is 4. The molecule has 3 aromatic rings. The minimum atomic E-state index is -0.401. The van der Waals surface area contributed by atoms with Gasteiger partial charge in [-0.3, -0.25) is 9.36 Å². The predicted octanol–water partition coefficient (Wildman–Crippen LogP) is 4.69. The number of aromatic nitrogens is 3. The second-order valence-corrected chi connectivity index (χ2v) is 7.26. The van der Waals surface area contributed by atoms with Crippen LogP contribution in [0, 0.1) is 0 Å². The Hall–Kier alpha value is -2.02. The number of hydrogen-bond donors (Lipinski definition) is 1. The molecule has 0 aliphatic rings. The second-order valence-electron chi connectivity index (χ2n) is 5.17. The Labute approximate surface area is 159 Å². The zero-order valence-corrected chi connectivity index (χ0v) is 15.5. The summed E-state index contributed by atoms with van der Waals surface area (Å²) in [4.78, 5) is 12.5. The van der Waals surface area contributed by atoms with Gasteiger partial charge in [0.15, 0.2) is 5.16 Å². The fourth-order valence-electron chi connectivity index (χ4n) is 2.12. The van der Waals surface area contributed by atoms with Crippen LogP contribution in [-0.2, 0) is 4.79 Å². The van der Waals surface area contributed by atoms with Crippen LogP contribution in [0.3, 0.4) is 0 Å². The number of anilines is 1. The van der Waals surface area contributed by atoms with Gasteiger partial charge in [0.1, 0.15) is 6.33 Å². The van der Waals surface area contributed by atoms with Gasteiger partial charge in [-0.05, 0) is 31.2 Å². The first kappa shape index (κ1) is 17.8. The van der Waals surface area contributed by atoms with Crippen LogP contribution in [0.2, 0.25) is 10.0 Å². The molecule has 1 atom stereocenters. The highest BCUT2D eigenvalue weighted by molar-refractivity contribution is 8.00. The third-order valence-electron chi connectivity index (χ3n) is 3.41. The van der Waals surface area contributed by atoms with E-state index in [4.69, 9.17) is 23.2 Å². The van der Waals surface area contributed by atoms with Crippen LogP contribution in [0.15, 0.2) is 60.0 Å². The zero-order chi connectivity index (χ0) is 17.8. The lowest BCUT2D eigenvalue weighted by Crippen LogP contribution is -2.23. The topological polar surface area (TPSA) is 59.8 Å². The maximum atomic E-state index is 12.5. The quantitative estimate of drug-likeness (QED) is 0.639. The lowest BCUT2D eigenvalue weighted by molar-refractivity contribution is -0.115. The van der Waals surface area contributed by atoms with Gasteiger partial charge in [-0.25, -0.2) is 0 Å². The molecule has 0 aliphatic carbocycles. The van der Waals surface area contributed by atoms with Crippen LogP contribution in [0.25, 0.3) is 5.69 Å². The van der Waals surface area contributed by atoms with Gasteiger partial charge in [0.25, 0.3) is 0 Å². The molecular formula is C17H14Cl2N4OS. The van der Waals surface area contributed by atoms with Crippen molar-refractivity contribution in [3.05, 3.63) is 64.9 Å². The Morgan fingerprint density at radius 2 is 1.92 bits per heavy atom. The summed E-state index contributed by atoms with van der Waals surface area (Å²) in [6.07, 6.45) is 1.62. The van der Waals surface area contributed by atoms with Crippen molar-refractivity contribution in [2.45, 2.75) is 17.3 Å². The van der Waals surface area contributed by atoms with E-state index in [2.05, 4.69) is 15.5 Å². The summed E-state index contributed by atoms with van der Waals surface area (Å²) < 4.78 is 1.83. The smallest absolute Gasteiger partial charge is 0.237 e. The van der Waals surface area contributed by atoms with Crippen LogP contribution in [0.4, 0.5) is 5.69 Å². The molecule has 1 amide bonds. The van der Waals surface area contributed by atoms with Crippen molar-refractivity contribution in [3.63, 3.8) is 0 Å². The average Bonchev–Trinajstić information content (AvgIpc) is 3.07. The summed E-state index contributed by atoms with van der Waals surface area (Å²) in [6.45, 7) is 1.79.